The van der Waals surface area contributed by atoms with Crippen LogP contribution in [0.3, 0.4) is 0 Å². The second kappa shape index (κ2) is 3.55. The van der Waals surface area contributed by atoms with Crippen LogP contribution >= 0.6 is 0 Å². The lowest BCUT2D eigenvalue weighted by molar-refractivity contribution is 0.103. The average Bonchev–Trinajstić information content (AvgIpc) is 2.49. The highest BCUT2D eigenvalue weighted by Crippen LogP contribution is 2.29. The molecule has 1 N–H and O–H groups in total. The number of benzene rings is 1. The summed E-state index contributed by atoms with van der Waals surface area (Å²) in [6.45, 7) is 0.224. The number of hydrogen-bond donors (Lipinski definition) is 1. The molecule has 0 atom stereocenters. The molecule has 1 aliphatic heterocycles. The van der Waals surface area contributed by atoms with E-state index in [1.807, 2.05) is 0 Å². The summed E-state index contributed by atoms with van der Waals surface area (Å²) in [6.07, 6.45) is 2.84. The highest BCUT2D eigenvalue weighted by molar-refractivity contribution is 6.11. The van der Waals surface area contributed by atoms with Crippen LogP contribution in [0.4, 0.5) is 0 Å². The number of ether oxygens (including phenoxy) is 1. The monoisotopic (exact) mass is 228 g/mol. The molecular formula is C12H8N2O3. The number of phenolic OH excluding ortho intramolecular Hbond substituents is 1. The van der Waals surface area contributed by atoms with Crippen LogP contribution in [0.25, 0.3) is 0 Å². The van der Waals surface area contributed by atoms with Gasteiger partial charge in [-0.05, 0) is 18.2 Å². The molecule has 5 heteroatoms. The number of hydrogen-bond acceptors (Lipinski definition) is 5. The quantitative estimate of drug-likeness (QED) is 0.735. The fourth-order valence-electron chi connectivity index (χ4n) is 1.77. The summed E-state index contributed by atoms with van der Waals surface area (Å²) in [5.41, 5.74) is 1.30. The van der Waals surface area contributed by atoms with E-state index < -0.39 is 0 Å². The first-order valence-corrected chi connectivity index (χ1v) is 5.05. The third-order valence-electron chi connectivity index (χ3n) is 2.61. The lowest BCUT2D eigenvalue weighted by atomic mass is 10.0. The van der Waals surface area contributed by atoms with Gasteiger partial charge < -0.3 is 9.84 Å². The maximum absolute atomic E-state index is 12.2. The molecule has 0 spiro atoms. The smallest absolute Gasteiger partial charge is 0.200 e. The zero-order valence-corrected chi connectivity index (χ0v) is 8.75. The van der Waals surface area contributed by atoms with Gasteiger partial charge in [0.25, 0.3) is 0 Å². The number of fused-ring (bicyclic) bond motifs is 2. The Labute approximate surface area is 96.7 Å². The number of aromatic hydroxyl groups is 1. The molecule has 0 bridgehead atoms. The van der Waals surface area contributed by atoms with Crippen molar-refractivity contribution >= 4 is 5.78 Å². The number of aromatic nitrogens is 2. The Bertz CT molecular complexity index is 610. The fourth-order valence-corrected chi connectivity index (χ4v) is 1.77. The predicted octanol–water partition coefficient (Wildman–Crippen LogP) is 1.31. The molecule has 2 aromatic rings. The summed E-state index contributed by atoms with van der Waals surface area (Å²) in [5, 5.41) is 9.41. The average molecular weight is 228 g/mol. The molecule has 84 valence electrons. The van der Waals surface area contributed by atoms with Gasteiger partial charge in [0, 0.05) is 6.20 Å². The lowest BCUT2D eigenvalue weighted by Crippen LogP contribution is -2.05. The molecule has 3 rings (SSSR count). The molecule has 2 heterocycles. The van der Waals surface area contributed by atoms with Gasteiger partial charge in [-0.25, -0.2) is 9.97 Å². The molecule has 0 radical (unpaired) electrons. The third-order valence-corrected chi connectivity index (χ3v) is 2.61. The molecule has 0 fully saturated rings. The van der Waals surface area contributed by atoms with Gasteiger partial charge in [-0.1, -0.05) is 0 Å². The predicted molar refractivity (Wildman–Crippen MR) is 57.9 cm³/mol. The van der Waals surface area contributed by atoms with Gasteiger partial charge in [-0.15, -0.1) is 0 Å². The van der Waals surface area contributed by atoms with Crippen molar-refractivity contribution < 1.29 is 14.6 Å². The van der Waals surface area contributed by atoms with Gasteiger partial charge in [-0.3, -0.25) is 4.79 Å². The molecule has 0 amide bonds. The van der Waals surface area contributed by atoms with Gasteiger partial charge in [0.2, 0.25) is 0 Å². The Morgan fingerprint density at radius 1 is 1.29 bits per heavy atom. The molecule has 1 aliphatic rings. The number of carbonyl (C=O) groups excluding carboxylic acids is 1. The number of phenols is 1. The molecule has 1 aromatic carbocycles. The number of ketones is 1. The van der Waals surface area contributed by atoms with Crippen molar-refractivity contribution in [3.05, 3.63) is 47.5 Å². The standard InChI is InChI=1S/C12H8N2O3/c15-7-1-2-11-8(3-7)12(16)9-4-13-6-14-10(9)5-17-11/h1-4,6,15H,5H2. The molecule has 17 heavy (non-hydrogen) atoms. The van der Waals surface area contributed by atoms with Crippen LogP contribution in [0.1, 0.15) is 21.6 Å². The first-order chi connectivity index (χ1) is 8.25. The van der Waals surface area contributed by atoms with Crippen LogP contribution in [-0.2, 0) is 6.61 Å². The van der Waals surface area contributed by atoms with Crippen molar-refractivity contribution in [3.63, 3.8) is 0 Å². The first-order valence-electron chi connectivity index (χ1n) is 5.05. The van der Waals surface area contributed by atoms with Gasteiger partial charge in [0.1, 0.15) is 24.4 Å². The summed E-state index contributed by atoms with van der Waals surface area (Å²) < 4.78 is 5.48. The maximum atomic E-state index is 12.2. The van der Waals surface area contributed by atoms with Crippen molar-refractivity contribution in [1.29, 1.82) is 0 Å². The van der Waals surface area contributed by atoms with Gasteiger partial charge in [0.15, 0.2) is 5.78 Å². The van der Waals surface area contributed by atoms with E-state index in [2.05, 4.69) is 9.97 Å². The Hall–Kier alpha value is -2.43. The molecule has 0 saturated carbocycles. The van der Waals surface area contributed by atoms with Crippen molar-refractivity contribution in [1.82, 2.24) is 9.97 Å². The molecule has 1 aromatic heterocycles. The van der Waals surface area contributed by atoms with E-state index in [-0.39, 0.29) is 18.1 Å². The maximum Gasteiger partial charge on any atom is 0.200 e. The topological polar surface area (TPSA) is 72.3 Å². The Balaban J connectivity index is 2.22. The third kappa shape index (κ3) is 1.52. The lowest BCUT2D eigenvalue weighted by Gasteiger charge is -2.05. The van der Waals surface area contributed by atoms with Crippen molar-refractivity contribution in [2.45, 2.75) is 6.61 Å². The van der Waals surface area contributed by atoms with E-state index in [0.29, 0.717) is 22.6 Å². The minimum absolute atomic E-state index is 0.0287. The Morgan fingerprint density at radius 3 is 3.06 bits per heavy atom. The zero-order chi connectivity index (χ0) is 11.8. The number of carbonyl (C=O) groups is 1. The second-order valence-electron chi connectivity index (χ2n) is 3.68. The van der Waals surface area contributed by atoms with E-state index in [1.165, 1.54) is 24.7 Å². The van der Waals surface area contributed by atoms with E-state index >= 15 is 0 Å². The van der Waals surface area contributed by atoms with E-state index in [0.717, 1.165) is 0 Å². The van der Waals surface area contributed by atoms with Gasteiger partial charge >= 0.3 is 0 Å². The van der Waals surface area contributed by atoms with E-state index in [1.54, 1.807) is 6.07 Å². The molecule has 5 nitrogen and oxygen atoms in total. The SMILES string of the molecule is O=C1c2cc(O)ccc2OCc2ncncc21. The summed E-state index contributed by atoms with van der Waals surface area (Å²) in [6, 6.07) is 4.44. The minimum Gasteiger partial charge on any atom is -0.508 e. The van der Waals surface area contributed by atoms with Crippen LogP contribution in [-0.4, -0.2) is 20.9 Å². The van der Waals surface area contributed by atoms with E-state index in [4.69, 9.17) is 4.74 Å². The Morgan fingerprint density at radius 2 is 2.18 bits per heavy atom. The van der Waals surface area contributed by atoms with Crippen molar-refractivity contribution in [3.8, 4) is 11.5 Å². The molecular weight excluding hydrogens is 220 g/mol. The Kier molecular flexibility index (Phi) is 2.04. The van der Waals surface area contributed by atoms with Crippen LogP contribution in [0.2, 0.25) is 0 Å². The normalized spacial score (nSPS) is 13.3. The highest BCUT2D eigenvalue weighted by atomic mass is 16.5. The van der Waals surface area contributed by atoms with Gasteiger partial charge in [0.05, 0.1) is 16.8 Å². The molecule has 0 aliphatic carbocycles. The summed E-state index contributed by atoms with van der Waals surface area (Å²) in [4.78, 5) is 20.1. The fraction of sp³-hybridized carbons (Fsp3) is 0.0833. The van der Waals surface area contributed by atoms with Crippen LogP contribution in [0, 0.1) is 0 Å². The molecule has 0 unspecified atom stereocenters. The second-order valence-corrected chi connectivity index (χ2v) is 3.68. The summed E-state index contributed by atoms with van der Waals surface area (Å²) >= 11 is 0. The van der Waals surface area contributed by atoms with Gasteiger partial charge in [-0.2, -0.15) is 0 Å². The van der Waals surface area contributed by atoms with Crippen LogP contribution in [0.5, 0.6) is 11.5 Å². The van der Waals surface area contributed by atoms with Crippen LogP contribution in [0.15, 0.2) is 30.7 Å². The van der Waals surface area contributed by atoms with E-state index in [9.17, 15) is 9.90 Å². The first kappa shape index (κ1) is 9.77. The highest BCUT2D eigenvalue weighted by Gasteiger charge is 2.23. The minimum atomic E-state index is -0.232. The van der Waals surface area contributed by atoms with Crippen LogP contribution < -0.4 is 4.74 Å². The van der Waals surface area contributed by atoms with Crippen molar-refractivity contribution in [2.24, 2.45) is 0 Å². The van der Waals surface area contributed by atoms with Crippen molar-refractivity contribution in [2.75, 3.05) is 0 Å². The summed E-state index contributed by atoms with van der Waals surface area (Å²) in [7, 11) is 0. The number of nitrogens with zero attached hydrogens (tertiary/aromatic N) is 2. The molecule has 0 saturated heterocycles. The number of rotatable bonds is 0. The zero-order valence-electron chi connectivity index (χ0n) is 8.75. The largest absolute Gasteiger partial charge is 0.508 e. The summed E-state index contributed by atoms with van der Waals surface area (Å²) in [5.74, 6) is 0.246.